The van der Waals surface area contributed by atoms with Crippen LogP contribution in [0.1, 0.15) is 122 Å². The third-order valence-corrected chi connectivity index (χ3v) is 22.1. The summed E-state index contributed by atoms with van der Waals surface area (Å²) < 4.78 is 19.3. The van der Waals surface area contributed by atoms with E-state index in [2.05, 4.69) is 83.1 Å². The van der Waals surface area contributed by atoms with Crippen LogP contribution in [0.4, 0.5) is 0 Å². The molecule has 0 amide bonds. The summed E-state index contributed by atoms with van der Waals surface area (Å²) in [6, 6.07) is 0. The zero-order valence-electron chi connectivity index (χ0n) is 26.1. The Bertz CT molecular complexity index is 656. The van der Waals surface area contributed by atoms with E-state index in [-0.39, 0.29) is 36.0 Å². The van der Waals surface area contributed by atoms with Gasteiger partial charge in [-0.25, -0.2) is 0 Å². The van der Waals surface area contributed by atoms with E-state index in [1.54, 1.807) is 0 Å². The molecule has 0 aromatic rings. The van der Waals surface area contributed by atoms with E-state index in [9.17, 15) is 9.59 Å². The molecule has 7 heteroatoms. The van der Waals surface area contributed by atoms with Crippen LogP contribution in [0.2, 0.25) is 33.2 Å². The summed E-state index contributed by atoms with van der Waals surface area (Å²) in [6.45, 7) is 27.5. The van der Waals surface area contributed by atoms with Gasteiger partial charge >= 0.3 is 11.9 Å². The molecule has 0 aliphatic heterocycles. The lowest BCUT2D eigenvalue weighted by Gasteiger charge is -2.44. The molecule has 4 unspecified atom stereocenters. The van der Waals surface area contributed by atoms with Crippen LogP contribution in [0.3, 0.4) is 0 Å². The second kappa shape index (κ2) is 13.2. The minimum atomic E-state index is -1.99. The average molecular weight is 555 g/mol. The van der Waals surface area contributed by atoms with Crippen molar-refractivity contribution in [2.45, 2.75) is 167 Å². The van der Waals surface area contributed by atoms with E-state index < -0.39 is 16.6 Å². The summed E-state index contributed by atoms with van der Waals surface area (Å²) in [4.78, 5) is 26.0. The Morgan fingerprint density at radius 2 is 0.784 bits per heavy atom. The normalized spacial score (nSPS) is 25.5. The monoisotopic (exact) mass is 554 g/mol. The van der Waals surface area contributed by atoms with Gasteiger partial charge in [0.2, 0.25) is 16.6 Å². The predicted molar refractivity (Wildman–Crippen MR) is 158 cm³/mol. The maximum Gasteiger partial charge on any atom is 0.316 e. The van der Waals surface area contributed by atoms with Crippen LogP contribution in [-0.2, 0) is 23.2 Å². The quantitative estimate of drug-likeness (QED) is 0.137. The topological polar surface area (TPSA) is 61.8 Å². The summed E-state index contributed by atoms with van der Waals surface area (Å²) in [7, 11) is -3.98. The highest BCUT2D eigenvalue weighted by atomic mass is 28.4. The largest absolute Gasteiger partial charge is 0.413 e. The lowest BCUT2D eigenvalue weighted by Crippen LogP contribution is -2.50. The lowest BCUT2D eigenvalue weighted by atomic mass is 10.1. The highest BCUT2D eigenvalue weighted by Crippen LogP contribution is 2.47. The fraction of sp³-hybridized carbons (Fsp3) is 0.933. The van der Waals surface area contributed by atoms with Crippen LogP contribution in [0.15, 0.2) is 0 Å². The van der Waals surface area contributed by atoms with Gasteiger partial charge in [-0.1, -0.05) is 83.1 Å². The van der Waals surface area contributed by atoms with E-state index in [0.717, 1.165) is 25.7 Å². The summed E-state index contributed by atoms with van der Waals surface area (Å²) in [5.41, 5.74) is 3.09. The van der Waals surface area contributed by atoms with Gasteiger partial charge in [0.25, 0.3) is 0 Å². The number of ether oxygens (including phenoxy) is 1. The van der Waals surface area contributed by atoms with Gasteiger partial charge in [-0.2, -0.15) is 0 Å². The number of carbonyl (C=O) groups is 2. The first-order chi connectivity index (χ1) is 17.1. The molecule has 2 rings (SSSR count). The highest BCUT2D eigenvalue weighted by molar-refractivity contribution is 6.78. The molecule has 4 atom stereocenters. The van der Waals surface area contributed by atoms with Crippen molar-refractivity contribution in [3.05, 3.63) is 0 Å². The molecule has 5 nitrogen and oxygen atoms in total. The SMILES string of the molecule is CC(C)[Si](OC1CCC(C(=O)OC(=O)C2CCC(O[Si](C(C)C)(C(C)C)C(C)C)C2)C1)(C(C)C)C(C)C. The van der Waals surface area contributed by atoms with Crippen molar-refractivity contribution in [1.82, 2.24) is 0 Å². The molecule has 2 saturated carbocycles. The Labute approximate surface area is 230 Å². The van der Waals surface area contributed by atoms with Gasteiger partial charge in [0, 0.05) is 12.2 Å². The first kappa shape index (κ1) is 32.7. The summed E-state index contributed by atoms with van der Waals surface area (Å²) in [5.74, 6) is -1.16. The van der Waals surface area contributed by atoms with E-state index >= 15 is 0 Å². The second-order valence-corrected chi connectivity index (χ2v) is 24.7. The maximum atomic E-state index is 13.0. The standard InChI is InChI=1S/C30H58O5Si2/c1-19(2)36(20(3)4,21(5)6)34-27-15-13-25(17-27)29(31)33-30(32)26-14-16-28(18-26)35-37(22(7)8,23(9)10)24(11)12/h19-28H,13-18H2,1-12H3. The summed E-state index contributed by atoms with van der Waals surface area (Å²) in [6.07, 6.45) is 4.78. The molecule has 216 valence electrons. The third-order valence-electron chi connectivity index (χ3n) is 9.79. The number of carbonyl (C=O) groups excluding carboxylic acids is 2. The molecule has 0 spiro atoms. The van der Waals surface area contributed by atoms with Crippen LogP contribution in [0.5, 0.6) is 0 Å². The molecular weight excluding hydrogens is 496 g/mol. The van der Waals surface area contributed by atoms with Crippen LogP contribution >= 0.6 is 0 Å². The highest BCUT2D eigenvalue weighted by Gasteiger charge is 2.49. The zero-order chi connectivity index (χ0) is 28.3. The van der Waals surface area contributed by atoms with Crippen LogP contribution < -0.4 is 0 Å². The first-order valence-electron chi connectivity index (χ1n) is 15.2. The minimum absolute atomic E-state index is 0.0944. The number of rotatable bonds is 12. The molecular formula is C30H58O5Si2. The molecule has 0 aromatic carbocycles. The van der Waals surface area contributed by atoms with Gasteiger partial charge in [-0.3, -0.25) is 9.59 Å². The fourth-order valence-electron chi connectivity index (χ4n) is 8.18. The molecule has 0 radical (unpaired) electrons. The Balaban J connectivity index is 1.95. The van der Waals surface area contributed by atoms with Crippen molar-refractivity contribution in [1.29, 1.82) is 0 Å². The van der Waals surface area contributed by atoms with Crippen LogP contribution in [0.25, 0.3) is 0 Å². The van der Waals surface area contributed by atoms with Gasteiger partial charge in [-0.05, 0) is 71.8 Å². The van der Waals surface area contributed by atoms with Gasteiger partial charge in [0.05, 0.1) is 11.8 Å². The number of hydrogen-bond acceptors (Lipinski definition) is 5. The molecule has 0 bridgehead atoms. The molecule has 2 aliphatic carbocycles. The summed E-state index contributed by atoms with van der Waals surface area (Å²) in [5, 5.41) is 0. The van der Waals surface area contributed by atoms with Crippen LogP contribution in [0, 0.1) is 11.8 Å². The third kappa shape index (κ3) is 6.99. The second-order valence-electron chi connectivity index (χ2n) is 13.9. The molecule has 2 aliphatic rings. The van der Waals surface area contributed by atoms with Crippen molar-refractivity contribution < 1.29 is 23.2 Å². The van der Waals surface area contributed by atoms with Gasteiger partial charge in [0.1, 0.15) is 0 Å². The molecule has 0 aromatic heterocycles. The lowest BCUT2D eigenvalue weighted by molar-refractivity contribution is -0.165. The van der Waals surface area contributed by atoms with E-state index in [1.165, 1.54) is 0 Å². The van der Waals surface area contributed by atoms with Crippen molar-refractivity contribution in [3.8, 4) is 0 Å². The van der Waals surface area contributed by atoms with Crippen molar-refractivity contribution >= 4 is 28.6 Å². The molecule has 0 heterocycles. The van der Waals surface area contributed by atoms with Gasteiger partial charge in [0.15, 0.2) is 0 Å². The molecule has 0 saturated heterocycles. The molecule has 0 N–H and O–H groups in total. The van der Waals surface area contributed by atoms with Crippen molar-refractivity contribution in [2.24, 2.45) is 11.8 Å². The van der Waals surface area contributed by atoms with Crippen molar-refractivity contribution in [3.63, 3.8) is 0 Å². The first-order valence-corrected chi connectivity index (χ1v) is 19.5. The number of hydrogen-bond donors (Lipinski definition) is 0. The van der Waals surface area contributed by atoms with Crippen LogP contribution in [-0.4, -0.2) is 40.8 Å². The maximum absolute atomic E-state index is 13.0. The van der Waals surface area contributed by atoms with E-state index in [4.69, 9.17) is 13.6 Å². The fourth-order valence-corrected chi connectivity index (χ4v) is 19.4. The Kier molecular flexibility index (Phi) is 11.7. The molecule has 2 fully saturated rings. The van der Waals surface area contributed by atoms with E-state index in [0.29, 0.717) is 46.1 Å². The number of esters is 2. The van der Waals surface area contributed by atoms with Crippen molar-refractivity contribution in [2.75, 3.05) is 0 Å². The van der Waals surface area contributed by atoms with Gasteiger partial charge in [-0.15, -0.1) is 0 Å². The predicted octanol–water partition coefficient (Wildman–Crippen LogP) is 8.78. The van der Waals surface area contributed by atoms with Gasteiger partial charge < -0.3 is 13.6 Å². The summed E-state index contributed by atoms with van der Waals surface area (Å²) >= 11 is 0. The minimum Gasteiger partial charge on any atom is -0.413 e. The average Bonchev–Trinajstić information content (AvgIpc) is 3.43. The Morgan fingerprint density at radius 3 is 1.03 bits per heavy atom. The Morgan fingerprint density at radius 1 is 0.514 bits per heavy atom. The molecule has 37 heavy (non-hydrogen) atoms. The Hall–Kier alpha value is -0.506. The zero-order valence-corrected chi connectivity index (χ0v) is 28.1. The van der Waals surface area contributed by atoms with E-state index in [1.807, 2.05) is 0 Å². The smallest absolute Gasteiger partial charge is 0.316 e.